The summed E-state index contributed by atoms with van der Waals surface area (Å²) >= 11 is 0. The van der Waals surface area contributed by atoms with E-state index in [1.807, 2.05) is 0 Å². The molecule has 0 saturated carbocycles. The van der Waals surface area contributed by atoms with E-state index >= 15 is 0 Å². The summed E-state index contributed by atoms with van der Waals surface area (Å²) in [5, 5.41) is 29.1. The zero-order valence-electron chi connectivity index (χ0n) is 14.8. The first-order valence-electron chi connectivity index (χ1n) is 7.80. The Bertz CT molecular complexity index is 962. The number of carboxylic acids is 2. The maximum atomic E-state index is 11.8. The largest absolute Gasteiger partial charge is 0.478 e. The molecular weight excluding hydrogens is 372 g/mol. The number of esters is 2. The Hall–Kier alpha value is -3.72. The molecule has 3 N–H and O–H groups in total. The van der Waals surface area contributed by atoms with Gasteiger partial charge in [-0.2, -0.15) is 0 Å². The van der Waals surface area contributed by atoms with Crippen molar-refractivity contribution in [1.29, 1.82) is 0 Å². The van der Waals surface area contributed by atoms with Gasteiger partial charge >= 0.3 is 23.9 Å². The maximum absolute atomic E-state index is 11.8. The highest BCUT2D eigenvalue weighted by Gasteiger charge is 2.23. The molecule has 1 atom stereocenters. The summed E-state index contributed by atoms with van der Waals surface area (Å²) < 4.78 is 9.09. The van der Waals surface area contributed by atoms with Crippen molar-refractivity contribution in [3.63, 3.8) is 0 Å². The van der Waals surface area contributed by atoms with Crippen LogP contribution in [-0.2, 0) is 9.47 Å². The molecule has 2 rings (SSSR count). The molecule has 146 valence electrons. The van der Waals surface area contributed by atoms with E-state index in [4.69, 9.17) is 0 Å². The molecule has 2 aromatic carbocycles. The summed E-state index contributed by atoms with van der Waals surface area (Å²) in [5.74, 6) is -4.50. The molecule has 0 aliphatic heterocycles. The number of methoxy groups -OCH3 is 2. The standard InChI is InChI=1S/C19H16O9/c1-27-18(25)12-6-4-9(7-13(12)17(23)24)15(20)10-3-5-11(16(21)22)14(8-10)19(26)28-2/h3-8,15,20H,1-2H3,(H,21,22)(H,23,24). The minimum absolute atomic E-state index is 0.115. The summed E-state index contributed by atoms with van der Waals surface area (Å²) in [4.78, 5) is 46.2. The van der Waals surface area contributed by atoms with Gasteiger partial charge in [-0.15, -0.1) is 0 Å². The van der Waals surface area contributed by atoms with Gasteiger partial charge in [-0.05, 0) is 35.4 Å². The number of carboxylic acid groups (broad SMARTS) is 2. The second-order valence-corrected chi connectivity index (χ2v) is 5.61. The number of carbonyl (C=O) groups is 4. The summed E-state index contributed by atoms with van der Waals surface area (Å²) in [6, 6.07) is 7.19. The third-order valence-electron chi connectivity index (χ3n) is 3.99. The fraction of sp³-hybridized carbons (Fsp3) is 0.158. The molecule has 0 spiro atoms. The van der Waals surface area contributed by atoms with Crippen LogP contribution in [0.1, 0.15) is 58.7 Å². The fourth-order valence-electron chi connectivity index (χ4n) is 2.59. The minimum atomic E-state index is -1.40. The van der Waals surface area contributed by atoms with Gasteiger partial charge in [-0.1, -0.05) is 12.1 Å². The van der Waals surface area contributed by atoms with Crippen molar-refractivity contribution < 1.29 is 44.0 Å². The SMILES string of the molecule is COC(=O)c1ccc(C(O)c2ccc(C(=O)O)c(C(=O)OC)c2)cc1C(=O)O. The Balaban J connectivity index is 2.54. The van der Waals surface area contributed by atoms with E-state index in [1.54, 1.807) is 0 Å². The molecule has 0 bridgehead atoms. The minimum Gasteiger partial charge on any atom is -0.478 e. The van der Waals surface area contributed by atoms with Crippen molar-refractivity contribution in [2.24, 2.45) is 0 Å². The maximum Gasteiger partial charge on any atom is 0.338 e. The van der Waals surface area contributed by atoms with E-state index in [9.17, 15) is 34.5 Å². The highest BCUT2D eigenvalue weighted by Crippen LogP contribution is 2.27. The number of hydrogen-bond donors (Lipinski definition) is 3. The van der Waals surface area contributed by atoms with Crippen molar-refractivity contribution in [3.05, 3.63) is 69.8 Å². The lowest BCUT2D eigenvalue weighted by molar-refractivity contribution is 0.0579. The van der Waals surface area contributed by atoms with Crippen LogP contribution in [0.25, 0.3) is 0 Å². The van der Waals surface area contributed by atoms with E-state index in [0.29, 0.717) is 0 Å². The first kappa shape index (κ1) is 20.6. The van der Waals surface area contributed by atoms with Crippen LogP contribution in [-0.4, -0.2) is 53.4 Å². The predicted octanol–water partition coefficient (Wildman–Crippen LogP) is 1.74. The van der Waals surface area contributed by atoms with Crippen LogP contribution in [0.5, 0.6) is 0 Å². The summed E-state index contributed by atoms with van der Waals surface area (Å²) in [7, 11) is 2.19. The highest BCUT2D eigenvalue weighted by atomic mass is 16.5. The molecule has 0 heterocycles. The predicted molar refractivity (Wildman–Crippen MR) is 93.5 cm³/mol. The van der Waals surface area contributed by atoms with E-state index in [-0.39, 0.29) is 33.4 Å². The molecule has 0 aromatic heterocycles. The zero-order chi connectivity index (χ0) is 21.0. The molecule has 0 saturated heterocycles. The lowest BCUT2D eigenvalue weighted by atomic mass is 9.94. The van der Waals surface area contributed by atoms with E-state index in [2.05, 4.69) is 9.47 Å². The van der Waals surface area contributed by atoms with Crippen molar-refractivity contribution >= 4 is 23.9 Å². The summed E-state index contributed by atoms with van der Waals surface area (Å²) in [6.45, 7) is 0. The number of aliphatic hydroxyl groups is 1. The molecule has 0 fully saturated rings. The summed E-state index contributed by atoms with van der Waals surface area (Å²) in [5.41, 5.74) is -0.899. The Kier molecular flexibility index (Phi) is 6.11. The summed E-state index contributed by atoms with van der Waals surface area (Å²) in [6.07, 6.45) is -1.39. The monoisotopic (exact) mass is 388 g/mol. The Morgan fingerprint density at radius 2 is 1.14 bits per heavy atom. The van der Waals surface area contributed by atoms with Gasteiger partial charge < -0.3 is 24.8 Å². The van der Waals surface area contributed by atoms with Crippen molar-refractivity contribution in [1.82, 2.24) is 0 Å². The van der Waals surface area contributed by atoms with Crippen LogP contribution in [0.3, 0.4) is 0 Å². The van der Waals surface area contributed by atoms with Gasteiger partial charge in [0, 0.05) is 0 Å². The average molecular weight is 388 g/mol. The third kappa shape index (κ3) is 3.99. The van der Waals surface area contributed by atoms with Gasteiger partial charge in [-0.3, -0.25) is 0 Å². The fourth-order valence-corrected chi connectivity index (χ4v) is 2.59. The number of aliphatic hydroxyl groups excluding tert-OH is 1. The second-order valence-electron chi connectivity index (χ2n) is 5.61. The Labute approximate surface area is 158 Å². The molecule has 9 heteroatoms. The second kappa shape index (κ2) is 8.31. The van der Waals surface area contributed by atoms with Gasteiger partial charge in [0.2, 0.25) is 0 Å². The highest BCUT2D eigenvalue weighted by molar-refractivity contribution is 6.03. The number of aromatic carboxylic acids is 2. The van der Waals surface area contributed by atoms with Crippen molar-refractivity contribution in [3.8, 4) is 0 Å². The van der Waals surface area contributed by atoms with Crippen LogP contribution in [0.4, 0.5) is 0 Å². The first-order valence-corrected chi connectivity index (χ1v) is 7.80. The van der Waals surface area contributed by atoms with Gasteiger partial charge in [0.25, 0.3) is 0 Å². The quantitative estimate of drug-likeness (QED) is 0.629. The van der Waals surface area contributed by atoms with Crippen LogP contribution in [0.2, 0.25) is 0 Å². The van der Waals surface area contributed by atoms with Crippen LogP contribution < -0.4 is 0 Å². The molecule has 0 amide bonds. The molecule has 1 unspecified atom stereocenters. The topological polar surface area (TPSA) is 147 Å². The van der Waals surface area contributed by atoms with Gasteiger partial charge in [0.1, 0.15) is 6.10 Å². The molecule has 2 aromatic rings. The smallest absolute Gasteiger partial charge is 0.338 e. The number of benzene rings is 2. The van der Waals surface area contributed by atoms with Crippen LogP contribution >= 0.6 is 0 Å². The first-order chi connectivity index (χ1) is 13.2. The van der Waals surface area contributed by atoms with Crippen molar-refractivity contribution in [2.45, 2.75) is 6.10 Å². The van der Waals surface area contributed by atoms with Crippen molar-refractivity contribution in [2.75, 3.05) is 14.2 Å². The molecule has 28 heavy (non-hydrogen) atoms. The average Bonchev–Trinajstić information content (AvgIpc) is 2.70. The number of rotatable bonds is 6. The van der Waals surface area contributed by atoms with E-state index < -0.39 is 30.0 Å². The Morgan fingerprint density at radius 3 is 1.61 bits per heavy atom. The third-order valence-corrected chi connectivity index (χ3v) is 3.99. The Morgan fingerprint density at radius 1 is 0.714 bits per heavy atom. The normalized spacial score (nSPS) is 11.4. The molecule has 0 radical (unpaired) electrons. The van der Waals surface area contributed by atoms with E-state index in [1.165, 1.54) is 18.2 Å². The number of ether oxygens (including phenoxy) is 2. The van der Waals surface area contributed by atoms with Crippen LogP contribution in [0, 0.1) is 0 Å². The van der Waals surface area contributed by atoms with Gasteiger partial charge in [-0.25, -0.2) is 19.2 Å². The molecule has 9 nitrogen and oxygen atoms in total. The molecule has 0 aliphatic carbocycles. The van der Waals surface area contributed by atoms with Gasteiger partial charge in [0.15, 0.2) is 0 Å². The van der Waals surface area contributed by atoms with E-state index in [0.717, 1.165) is 32.4 Å². The van der Waals surface area contributed by atoms with Gasteiger partial charge in [0.05, 0.1) is 36.5 Å². The number of carbonyl (C=O) groups excluding carboxylic acids is 2. The van der Waals surface area contributed by atoms with Crippen LogP contribution in [0.15, 0.2) is 36.4 Å². The molecule has 0 aliphatic rings. The zero-order valence-corrected chi connectivity index (χ0v) is 14.8. The lowest BCUT2D eigenvalue weighted by Crippen LogP contribution is -2.13. The lowest BCUT2D eigenvalue weighted by Gasteiger charge is -2.15. The molecular formula is C19H16O9. The number of hydrogen-bond acceptors (Lipinski definition) is 7.